The molecular weight excluding hydrogens is 252 g/mol. The molecule has 2 aliphatic heterocycles. The van der Waals surface area contributed by atoms with E-state index >= 15 is 0 Å². The molecular formula is C16H24N2O2. The van der Waals surface area contributed by atoms with Gasteiger partial charge in [0.05, 0.1) is 24.9 Å². The number of benzene rings is 1. The fourth-order valence-corrected chi connectivity index (χ4v) is 3.42. The van der Waals surface area contributed by atoms with Crippen LogP contribution < -0.4 is 10.5 Å². The fourth-order valence-electron chi connectivity index (χ4n) is 3.42. The van der Waals surface area contributed by atoms with Gasteiger partial charge in [-0.25, -0.2) is 0 Å². The normalized spacial score (nSPS) is 27.5. The highest BCUT2D eigenvalue weighted by atomic mass is 16.5. The van der Waals surface area contributed by atoms with Crippen LogP contribution in [0.25, 0.3) is 0 Å². The highest BCUT2D eigenvalue weighted by Gasteiger charge is 2.37. The van der Waals surface area contributed by atoms with Gasteiger partial charge in [0, 0.05) is 25.2 Å². The molecule has 0 spiro atoms. The van der Waals surface area contributed by atoms with Gasteiger partial charge in [0.2, 0.25) is 0 Å². The SMILES string of the molecule is CCOc1ccccc1C(CN)N1CC2CCC(C1)O2. The summed E-state index contributed by atoms with van der Waals surface area (Å²) in [6.45, 7) is 5.28. The van der Waals surface area contributed by atoms with Crippen LogP contribution in [-0.2, 0) is 4.74 Å². The van der Waals surface area contributed by atoms with Crippen molar-refractivity contribution in [1.82, 2.24) is 4.90 Å². The van der Waals surface area contributed by atoms with Crippen LogP contribution in [-0.4, -0.2) is 43.3 Å². The highest BCUT2D eigenvalue weighted by Crippen LogP contribution is 2.34. The van der Waals surface area contributed by atoms with Gasteiger partial charge in [0.15, 0.2) is 0 Å². The molecule has 2 heterocycles. The molecule has 2 bridgehead atoms. The third-order valence-electron chi connectivity index (χ3n) is 4.31. The fraction of sp³-hybridized carbons (Fsp3) is 0.625. The molecule has 2 saturated heterocycles. The van der Waals surface area contributed by atoms with Crippen molar-refractivity contribution in [3.63, 3.8) is 0 Å². The van der Waals surface area contributed by atoms with Crippen LogP contribution >= 0.6 is 0 Å². The molecule has 2 N–H and O–H groups in total. The maximum absolute atomic E-state index is 6.07. The first-order valence-corrected chi connectivity index (χ1v) is 7.63. The predicted octanol–water partition coefficient (Wildman–Crippen LogP) is 1.95. The average molecular weight is 276 g/mol. The Balaban J connectivity index is 1.82. The molecule has 3 rings (SSSR count). The van der Waals surface area contributed by atoms with Gasteiger partial charge < -0.3 is 15.2 Å². The lowest BCUT2D eigenvalue weighted by Crippen LogP contribution is -2.46. The van der Waals surface area contributed by atoms with E-state index in [0.29, 0.717) is 25.4 Å². The first-order valence-electron chi connectivity index (χ1n) is 7.63. The Morgan fingerprint density at radius 2 is 2.00 bits per heavy atom. The number of nitrogens with two attached hydrogens (primary N) is 1. The lowest BCUT2D eigenvalue weighted by atomic mass is 10.0. The zero-order valence-electron chi connectivity index (χ0n) is 12.1. The molecule has 20 heavy (non-hydrogen) atoms. The van der Waals surface area contributed by atoms with Crippen LogP contribution in [0.4, 0.5) is 0 Å². The number of hydrogen-bond donors (Lipinski definition) is 1. The Hall–Kier alpha value is -1.10. The smallest absolute Gasteiger partial charge is 0.124 e. The van der Waals surface area contributed by atoms with Gasteiger partial charge >= 0.3 is 0 Å². The van der Waals surface area contributed by atoms with Crippen LogP contribution in [0.2, 0.25) is 0 Å². The summed E-state index contributed by atoms with van der Waals surface area (Å²) in [7, 11) is 0. The summed E-state index contributed by atoms with van der Waals surface area (Å²) in [5, 5.41) is 0. The Kier molecular flexibility index (Phi) is 4.24. The molecule has 2 fully saturated rings. The molecule has 4 nitrogen and oxygen atoms in total. The van der Waals surface area contributed by atoms with E-state index in [-0.39, 0.29) is 6.04 Å². The molecule has 1 aromatic carbocycles. The van der Waals surface area contributed by atoms with Gasteiger partial charge in [-0.3, -0.25) is 4.90 Å². The molecule has 4 heteroatoms. The van der Waals surface area contributed by atoms with E-state index in [0.717, 1.165) is 18.8 Å². The van der Waals surface area contributed by atoms with Gasteiger partial charge in [0.25, 0.3) is 0 Å². The van der Waals surface area contributed by atoms with Gasteiger partial charge in [-0.15, -0.1) is 0 Å². The summed E-state index contributed by atoms with van der Waals surface area (Å²) in [5.41, 5.74) is 7.28. The second-order valence-electron chi connectivity index (χ2n) is 5.63. The number of rotatable bonds is 5. The largest absolute Gasteiger partial charge is 0.494 e. The summed E-state index contributed by atoms with van der Waals surface area (Å²) in [5.74, 6) is 0.962. The lowest BCUT2D eigenvalue weighted by molar-refractivity contribution is -0.0523. The van der Waals surface area contributed by atoms with Crippen molar-refractivity contribution in [1.29, 1.82) is 0 Å². The summed E-state index contributed by atoms with van der Waals surface area (Å²) >= 11 is 0. The molecule has 0 amide bonds. The van der Waals surface area contributed by atoms with E-state index in [4.69, 9.17) is 15.2 Å². The molecule has 3 unspecified atom stereocenters. The molecule has 0 aliphatic carbocycles. The minimum Gasteiger partial charge on any atom is -0.494 e. The second kappa shape index (κ2) is 6.12. The first-order chi connectivity index (χ1) is 9.81. The Morgan fingerprint density at radius 3 is 2.65 bits per heavy atom. The van der Waals surface area contributed by atoms with E-state index < -0.39 is 0 Å². The number of fused-ring (bicyclic) bond motifs is 2. The first kappa shape index (κ1) is 13.9. The average Bonchev–Trinajstić information content (AvgIpc) is 2.81. The van der Waals surface area contributed by atoms with Gasteiger partial charge in [-0.2, -0.15) is 0 Å². The topological polar surface area (TPSA) is 47.7 Å². The van der Waals surface area contributed by atoms with Crippen LogP contribution in [0.5, 0.6) is 5.75 Å². The Bertz CT molecular complexity index is 440. The molecule has 0 aromatic heterocycles. The maximum atomic E-state index is 6.07. The molecule has 2 aliphatic rings. The number of hydrogen-bond acceptors (Lipinski definition) is 4. The maximum Gasteiger partial charge on any atom is 0.124 e. The van der Waals surface area contributed by atoms with Gasteiger partial charge in [-0.05, 0) is 25.8 Å². The summed E-state index contributed by atoms with van der Waals surface area (Å²) in [4.78, 5) is 2.48. The molecule has 110 valence electrons. The second-order valence-corrected chi connectivity index (χ2v) is 5.63. The Morgan fingerprint density at radius 1 is 1.30 bits per heavy atom. The van der Waals surface area contributed by atoms with E-state index in [1.165, 1.54) is 18.4 Å². The van der Waals surface area contributed by atoms with Crippen molar-refractivity contribution >= 4 is 0 Å². The number of morpholine rings is 1. The van der Waals surface area contributed by atoms with Crippen molar-refractivity contribution < 1.29 is 9.47 Å². The van der Waals surface area contributed by atoms with Crippen molar-refractivity contribution in [3.05, 3.63) is 29.8 Å². The number of likely N-dealkylation sites (tertiary alicyclic amines) is 1. The van der Waals surface area contributed by atoms with E-state index in [9.17, 15) is 0 Å². The molecule has 0 saturated carbocycles. The molecule has 3 atom stereocenters. The Labute approximate surface area is 120 Å². The standard InChI is InChI=1S/C16H24N2O2/c1-2-19-16-6-4-3-5-14(16)15(9-17)18-10-12-7-8-13(11-18)20-12/h3-6,12-13,15H,2,7-11,17H2,1H3. The predicted molar refractivity (Wildman–Crippen MR) is 78.9 cm³/mol. The zero-order valence-corrected chi connectivity index (χ0v) is 12.1. The lowest BCUT2D eigenvalue weighted by Gasteiger charge is -2.38. The minimum absolute atomic E-state index is 0.227. The highest BCUT2D eigenvalue weighted by molar-refractivity contribution is 5.36. The number of para-hydroxylation sites is 1. The molecule has 0 radical (unpaired) electrons. The van der Waals surface area contributed by atoms with Crippen molar-refractivity contribution in [3.8, 4) is 5.75 Å². The summed E-state index contributed by atoms with van der Waals surface area (Å²) in [6.07, 6.45) is 3.15. The quantitative estimate of drug-likeness (QED) is 0.893. The monoisotopic (exact) mass is 276 g/mol. The van der Waals surface area contributed by atoms with Crippen LogP contribution in [0, 0.1) is 0 Å². The third kappa shape index (κ3) is 2.68. The van der Waals surface area contributed by atoms with Gasteiger partial charge in [0.1, 0.15) is 5.75 Å². The van der Waals surface area contributed by atoms with Crippen LogP contribution in [0.15, 0.2) is 24.3 Å². The van der Waals surface area contributed by atoms with Gasteiger partial charge in [-0.1, -0.05) is 18.2 Å². The summed E-state index contributed by atoms with van der Waals surface area (Å²) < 4.78 is 11.7. The number of nitrogens with zero attached hydrogens (tertiary/aromatic N) is 1. The summed E-state index contributed by atoms with van der Waals surface area (Å²) in [6, 6.07) is 8.49. The van der Waals surface area contributed by atoms with Crippen molar-refractivity contribution in [2.75, 3.05) is 26.2 Å². The van der Waals surface area contributed by atoms with Crippen molar-refractivity contribution in [2.45, 2.75) is 38.0 Å². The third-order valence-corrected chi connectivity index (χ3v) is 4.31. The van der Waals surface area contributed by atoms with E-state index in [1.807, 2.05) is 19.1 Å². The van der Waals surface area contributed by atoms with E-state index in [1.54, 1.807) is 0 Å². The van der Waals surface area contributed by atoms with Crippen molar-refractivity contribution in [2.24, 2.45) is 5.73 Å². The molecule has 1 aromatic rings. The van der Waals surface area contributed by atoms with Crippen LogP contribution in [0.1, 0.15) is 31.4 Å². The minimum atomic E-state index is 0.227. The zero-order chi connectivity index (χ0) is 13.9. The van der Waals surface area contributed by atoms with E-state index in [2.05, 4.69) is 17.0 Å². The van der Waals surface area contributed by atoms with Crippen LogP contribution in [0.3, 0.4) is 0 Å². The number of ether oxygens (including phenoxy) is 2.